The number of hydrogen-bond donors (Lipinski definition) is 0. The fourth-order valence-electron chi connectivity index (χ4n) is 3.20. The molecule has 2 aromatic rings. The molecule has 0 saturated carbocycles. The van der Waals surface area contributed by atoms with E-state index in [0.29, 0.717) is 6.54 Å². The first-order chi connectivity index (χ1) is 13.0. The van der Waals surface area contributed by atoms with Crippen LogP contribution in [0.25, 0.3) is 0 Å². The van der Waals surface area contributed by atoms with E-state index in [9.17, 15) is 18.0 Å². The molecule has 2 amide bonds. The molecule has 1 aliphatic rings. The van der Waals surface area contributed by atoms with Crippen LogP contribution in [0.4, 0.5) is 5.69 Å². The van der Waals surface area contributed by atoms with Crippen LogP contribution in [0.3, 0.4) is 0 Å². The summed E-state index contributed by atoms with van der Waals surface area (Å²) >= 11 is 6.21. The fraction of sp³-hybridized carbons (Fsp3) is 0.300. The van der Waals surface area contributed by atoms with Crippen LogP contribution in [-0.2, 0) is 21.4 Å². The Balaban J connectivity index is 1.94. The molecule has 3 rings (SSSR count). The third-order valence-electron chi connectivity index (χ3n) is 4.61. The average Bonchev–Trinajstić information content (AvgIpc) is 2.79. The predicted molar refractivity (Wildman–Crippen MR) is 109 cm³/mol. The van der Waals surface area contributed by atoms with E-state index in [-0.39, 0.29) is 27.9 Å². The summed E-state index contributed by atoms with van der Waals surface area (Å²) in [7, 11) is -2.17. The lowest BCUT2D eigenvalue weighted by Gasteiger charge is -2.21. The molecular formula is C20H21ClN2O4S. The summed E-state index contributed by atoms with van der Waals surface area (Å²) in [5.41, 5.74) is 0.193. The molecule has 0 N–H and O–H groups in total. The first-order valence-electron chi connectivity index (χ1n) is 8.69. The Morgan fingerprint density at radius 1 is 1.18 bits per heavy atom. The van der Waals surface area contributed by atoms with Gasteiger partial charge in [0.2, 0.25) is 15.9 Å². The van der Waals surface area contributed by atoms with E-state index < -0.39 is 21.3 Å². The predicted octanol–water partition coefficient (Wildman–Crippen LogP) is 3.31. The maximum Gasteiger partial charge on any atom is 0.255 e. The molecule has 0 radical (unpaired) electrons. The second-order valence-corrected chi connectivity index (χ2v) is 9.75. The maximum absolute atomic E-state index is 12.9. The summed E-state index contributed by atoms with van der Waals surface area (Å²) in [6, 6.07) is 13.7. The molecular weight excluding hydrogens is 400 g/mol. The molecule has 1 heterocycles. The minimum Gasteiger partial charge on any atom is -0.337 e. The van der Waals surface area contributed by atoms with Crippen LogP contribution in [0, 0.1) is 5.41 Å². The van der Waals surface area contributed by atoms with Crippen LogP contribution in [-0.4, -0.2) is 37.9 Å². The topological polar surface area (TPSA) is 74.8 Å². The number of sulfonamides is 1. The van der Waals surface area contributed by atoms with Gasteiger partial charge >= 0.3 is 0 Å². The Bertz CT molecular complexity index is 1040. The Labute approximate surface area is 169 Å². The average molecular weight is 421 g/mol. The van der Waals surface area contributed by atoms with E-state index >= 15 is 0 Å². The number of anilines is 1. The van der Waals surface area contributed by atoms with Gasteiger partial charge in [0.15, 0.2) is 0 Å². The fourth-order valence-corrected chi connectivity index (χ4v) is 5.50. The molecule has 0 aliphatic carbocycles. The quantitative estimate of drug-likeness (QED) is 0.760. The second kappa shape index (κ2) is 7.22. The molecule has 2 aromatic carbocycles. The van der Waals surface area contributed by atoms with Gasteiger partial charge in [-0.3, -0.25) is 9.59 Å². The zero-order valence-electron chi connectivity index (χ0n) is 15.8. The summed E-state index contributed by atoms with van der Waals surface area (Å²) in [4.78, 5) is 27.0. The number of rotatable bonds is 4. The van der Waals surface area contributed by atoms with Gasteiger partial charge in [0, 0.05) is 13.6 Å². The van der Waals surface area contributed by atoms with Gasteiger partial charge in [0.25, 0.3) is 5.91 Å². The number of halogens is 1. The van der Waals surface area contributed by atoms with Gasteiger partial charge in [-0.1, -0.05) is 41.9 Å². The van der Waals surface area contributed by atoms with Crippen LogP contribution in [0.15, 0.2) is 48.5 Å². The third-order valence-corrected chi connectivity index (χ3v) is 6.96. The Morgan fingerprint density at radius 3 is 2.39 bits per heavy atom. The summed E-state index contributed by atoms with van der Waals surface area (Å²) < 4.78 is 25.8. The largest absolute Gasteiger partial charge is 0.337 e. The SMILES string of the molecule is CN(Cc1ccccc1)C(=O)c1cc(N2C(=O)C(C)(C)CS2(=O)=O)ccc1Cl. The molecule has 148 valence electrons. The first-order valence-corrected chi connectivity index (χ1v) is 10.7. The highest BCUT2D eigenvalue weighted by atomic mass is 35.5. The van der Waals surface area contributed by atoms with E-state index in [0.717, 1.165) is 9.87 Å². The third kappa shape index (κ3) is 3.77. The lowest BCUT2D eigenvalue weighted by molar-refractivity contribution is -0.123. The molecule has 0 unspecified atom stereocenters. The normalized spacial score (nSPS) is 17.6. The number of benzene rings is 2. The second-order valence-electron chi connectivity index (χ2n) is 7.52. The van der Waals surface area contributed by atoms with Gasteiger partial charge in [-0.05, 0) is 37.6 Å². The lowest BCUT2D eigenvalue weighted by Crippen LogP contribution is -2.33. The molecule has 1 fully saturated rings. The zero-order chi connectivity index (χ0) is 20.7. The highest BCUT2D eigenvalue weighted by Gasteiger charge is 2.50. The van der Waals surface area contributed by atoms with Gasteiger partial charge in [-0.15, -0.1) is 0 Å². The standard InChI is InChI=1S/C20H21ClN2O4S/c1-20(2)13-28(26,27)23(19(20)25)15-9-10-17(21)16(11-15)18(24)22(3)12-14-7-5-4-6-8-14/h4-11H,12-13H2,1-3H3. The van der Waals surface area contributed by atoms with E-state index in [1.165, 1.54) is 23.1 Å². The number of hydrogen-bond acceptors (Lipinski definition) is 4. The van der Waals surface area contributed by atoms with Crippen molar-refractivity contribution < 1.29 is 18.0 Å². The van der Waals surface area contributed by atoms with Crippen LogP contribution in [0.2, 0.25) is 5.02 Å². The smallest absolute Gasteiger partial charge is 0.255 e. The monoisotopic (exact) mass is 420 g/mol. The van der Waals surface area contributed by atoms with Crippen molar-refractivity contribution in [3.8, 4) is 0 Å². The lowest BCUT2D eigenvalue weighted by atomic mass is 9.95. The van der Waals surface area contributed by atoms with Crippen molar-refractivity contribution >= 4 is 39.1 Å². The van der Waals surface area contributed by atoms with Gasteiger partial charge < -0.3 is 4.90 Å². The first kappa shape index (κ1) is 20.4. The molecule has 6 nitrogen and oxygen atoms in total. The molecule has 28 heavy (non-hydrogen) atoms. The van der Waals surface area contributed by atoms with Crippen molar-refractivity contribution in [3.63, 3.8) is 0 Å². The van der Waals surface area contributed by atoms with Crippen LogP contribution in [0.5, 0.6) is 0 Å². The minimum atomic E-state index is -3.81. The molecule has 0 bridgehead atoms. The van der Waals surface area contributed by atoms with E-state index in [4.69, 9.17) is 11.6 Å². The van der Waals surface area contributed by atoms with Crippen molar-refractivity contribution in [2.24, 2.45) is 5.41 Å². The van der Waals surface area contributed by atoms with E-state index in [2.05, 4.69) is 0 Å². The van der Waals surface area contributed by atoms with E-state index in [1.807, 2.05) is 30.3 Å². The molecule has 1 saturated heterocycles. The zero-order valence-corrected chi connectivity index (χ0v) is 17.4. The van der Waals surface area contributed by atoms with Crippen LogP contribution in [0.1, 0.15) is 29.8 Å². The Morgan fingerprint density at radius 2 is 1.82 bits per heavy atom. The highest BCUT2D eigenvalue weighted by molar-refractivity contribution is 7.94. The summed E-state index contributed by atoms with van der Waals surface area (Å²) in [6.45, 7) is 3.54. The number of nitrogens with zero attached hydrogens (tertiary/aromatic N) is 2. The van der Waals surface area contributed by atoms with Gasteiger partial charge in [0.05, 0.1) is 27.4 Å². The number of carbonyl (C=O) groups is 2. The van der Waals surface area contributed by atoms with Crippen molar-refractivity contribution in [3.05, 3.63) is 64.7 Å². The maximum atomic E-state index is 12.9. The van der Waals surface area contributed by atoms with E-state index in [1.54, 1.807) is 20.9 Å². The Kier molecular flexibility index (Phi) is 5.25. The van der Waals surface area contributed by atoms with Crippen LogP contribution >= 0.6 is 11.6 Å². The molecule has 0 spiro atoms. The van der Waals surface area contributed by atoms with Crippen molar-refractivity contribution in [1.29, 1.82) is 0 Å². The molecule has 1 aliphatic heterocycles. The van der Waals surface area contributed by atoms with Gasteiger partial charge in [-0.2, -0.15) is 0 Å². The number of carbonyl (C=O) groups excluding carboxylic acids is 2. The molecule has 0 aromatic heterocycles. The molecule has 0 atom stereocenters. The van der Waals surface area contributed by atoms with Gasteiger partial charge in [-0.25, -0.2) is 12.7 Å². The van der Waals surface area contributed by atoms with Crippen molar-refractivity contribution in [2.45, 2.75) is 20.4 Å². The molecule has 8 heteroatoms. The van der Waals surface area contributed by atoms with Gasteiger partial charge in [0.1, 0.15) is 0 Å². The van der Waals surface area contributed by atoms with Crippen molar-refractivity contribution in [1.82, 2.24) is 4.90 Å². The number of amides is 2. The summed E-state index contributed by atoms with van der Waals surface area (Å²) in [6.07, 6.45) is 0. The van der Waals surface area contributed by atoms with Crippen molar-refractivity contribution in [2.75, 3.05) is 17.1 Å². The minimum absolute atomic E-state index is 0.122. The summed E-state index contributed by atoms with van der Waals surface area (Å²) in [5, 5.41) is 0.192. The van der Waals surface area contributed by atoms with Crippen LogP contribution < -0.4 is 4.31 Å². The highest BCUT2D eigenvalue weighted by Crippen LogP contribution is 2.37. The Hall–Kier alpha value is -2.38. The summed E-state index contributed by atoms with van der Waals surface area (Å²) in [5.74, 6) is -1.16.